The number of benzene rings is 2. The van der Waals surface area contributed by atoms with E-state index in [0.29, 0.717) is 19.5 Å². The number of hydrogen-bond donors (Lipinski definition) is 0. The van der Waals surface area contributed by atoms with E-state index in [-0.39, 0.29) is 36.3 Å². The normalized spacial score (nSPS) is 21.0. The number of fused-ring (bicyclic) bond motifs is 1. The van der Waals surface area contributed by atoms with Crippen LogP contribution in [0.2, 0.25) is 0 Å². The first kappa shape index (κ1) is 22.1. The van der Waals surface area contributed by atoms with Crippen LogP contribution in [0.1, 0.15) is 37.7 Å². The predicted octanol–water partition coefficient (Wildman–Crippen LogP) is 3.79. The molecule has 0 radical (unpaired) electrons. The fourth-order valence-corrected chi connectivity index (χ4v) is 4.73. The molecule has 2 aromatic carbocycles. The topological polar surface area (TPSA) is 59.1 Å². The van der Waals surface area contributed by atoms with Crippen LogP contribution in [0.4, 0.5) is 4.39 Å². The molecule has 0 bridgehead atoms. The van der Waals surface area contributed by atoms with Gasteiger partial charge in [0, 0.05) is 19.5 Å². The minimum absolute atomic E-state index is 0.0256. The lowest BCUT2D eigenvalue weighted by atomic mass is 9.96. The summed E-state index contributed by atoms with van der Waals surface area (Å²) in [4.78, 5) is 29.7. The Kier molecular flexibility index (Phi) is 6.93. The zero-order chi connectivity index (χ0) is 22.5. The van der Waals surface area contributed by atoms with Gasteiger partial charge in [0.1, 0.15) is 5.75 Å². The van der Waals surface area contributed by atoms with Crippen LogP contribution in [0.3, 0.4) is 0 Å². The largest absolute Gasteiger partial charge is 0.497 e. The minimum Gasteiger partial charge on any atom is -0.497 e. The summed E-state index contributed by atoms with van der Waals surface area (Å²) < 4.78 is 24.5. The highest BCUT2D eigenvalue weighted by Gasteiger charge is 2.42. The fourth-order valence-electron chi connectivity index (χ4n) is 4.73. The minimum atomic E-state index is -0.484. The van der Waals surface area contributed by atoms with Gasteiger partial charge in [0.05, 0.1) is 19.2 Å². The van der Waals surface area contributed by atoms with Gasteiger partial charge in [-0.3, -0.25) is 9.59 Å². The lowest BCUT2D eigenvalue weighted by Crippen LogP contribution is -2.50. The van der Waals surface area contributed by atoms with Crippen molar-refractivity contribution >= 4 is 11.8 Å². The van der Waals surface area contributed by atoms with Crippen LogP contribution in [0, 0.1) is 5.82 Å². The van der Waals surface area contributed by atoms with Crippen LogP contribution in [-0.2, 0) is 16.1 Å². The molecule has 6 nitrogen and oxygen atoms in total. The Morgan fingerprint density at radius 2 is 1.84 bits per heavy atom. The lowest BCUT2D eigenvalue weighted by Gasteiger charge is -2.37. The second-order valence-corrected chi connectivity index (χ2v) is 8.35. The van der Waals surface area contributed by atoms with Crippen LogP contribution in [0.5, 0.6) is 11.5 Å². The Morgan fingerprint density at radius 1 is 1.06 bits per heavy atom. The summed E-state index contributed by atoms with van der Waals surface area (Å²) >= 11 is 0. The van der Waals surface area contributed by atoms with E-state index in [0.717, 1.165) is 37.0 Å². The fraction of sp³-hybridized carbons (Fsp3) is 0.440. The predicted molar refractivity (Wildman–Crippen MR) is 118 cm³/mol. The number of ether oxygens (including phenoxy) is 2. The van der Waals surface area contributed by atoms with E-state index in [1.807, 2.05) is 34.1 Å². The van der Waals surface area contributed by atoms with Gasteiger partial charge in [-0.2, -0.15) is 0 Å². The molecule has 2 aliphatic rings. The molecule has 2 fully saturated rings. The SMILES string of the molecule is COc1ccc(CN2C(=O)CCCC[C@@H]3[C@@H]2CCN3C(=O)COc2ccccc2F)cc1. The van der Waals surface area contributed by atoms with Crippen LogP contribution in [0.15, 0.2) is 48.5 Å². The average Bonchev–Trinajstić information content (AvgIpc) is 3.22. The molecule has 0 unspecified atom stereocenters. The maximum atomic E-state index is 13.8. The smallest absolute Gasteiger partial charge is 0.260 e. The highest BCUT2D eigenvalue weighted by Crippen LogP contribution is 2.31. The van der Waals surface area contributed by atoms with E-state index >= 15 is 0 Å². The van der Waals surface area contributed by atoms with Crippen LogP contribution in [-0.4, -0.2) is 54.0 Å². The van der Waals surface area contributed by atoms with Crippen molar-refractivity contribution in [2.75, 3.05) is 20.3 Å². The molecule has 7 heteroatoms. The molecule has 2 saturated heterocycles. The molecule has 0 spiro atoms. The summed E-state index contributed by atoms with van der Waals surface area (Å²) in [5.74, 6) is 0.330. The van der Waals surface area contributed by atoms with Gasteiger partial charge in [-0.1, -0.05) is 30.7 Å². The highest BCUT2D eigenvalue weighted by atomic mass is 19.1. The van der Waals surface area contributed by atoms with Crippen LogP contribution in [0.25, 0.3) is 0 Å². The number of nitrogens with zero attached hydrogens (tertiary/aromatic N) is 2. The molecule has 0 saturated carbocycles. The van der Waals surface area contributed by atoms with Crippen molar-refractivity contribution in [3.8, 4) is 11.5 Å². The lowest BCUT2D eigenvalue weighted by molar-refractivity contribution is -0.140. The summed E-state index contributed by atoms with van der Waals surface area (Å²) in [6.07, 6.45) is 3.83. The third-order valence-electron chi connectivity index (χ3n) is 6.39. The van der Waals surface area contributed by atoms with Crippen LogP contribution < -0.4 is 9.47 Å². The van der Waals surface area contributed by atoms with E-state index in [4.69, 9.17) is 9.47 Å². The zero-order valence-corrected chi connectivity index (χ0v) is 18.3. The third kappa shape index (κ3) is 4.87. The van der Waals surface area contributed by atoms with Crippen molar-refractivity contribution in [1.29, 1.82) is 0 Å². The van der Waals surface area contributed by atoms with E-state index in [9.17, 15) is 14.0 Å². The van der Waals surface area contributed by atoms with Gasteiger partial charge in [-0.05, 0) is 49.1 Å². The van der Waals surface area contributed by atoms with Gasteiger partial charge < -0.3 is 19.3 Å². The molecule has 170 valence electrons. The quantitative estimate of drug-likeness (QED) is 0.686. The van der Waals surface area contributed by atoms with Gasteiger partial charge in [0.15, 0.2) is 18.2 Å². The molecule has 0 aromatic heterocycles. The van der Waals surface area contributed by atoms with Crippen molar-refractivity contribution in [3.63, 3.8) is 0 Å². The first-order chi connectivity index (χ1) is 15.6. The Morgan fingerprint density at radius 3 is 2.59 bits per heavy atom. The number of carbonyl (C=O) groups is 2. The van der Waals surface area contributed by atoms with Crippen molar-refractivity contribution < 1.29 is 23.5 Å². The summed E-state index contributed by atoms with van der Waals surface area (Å²) in [6, 6.07) is 13.7. The van der Waals surface area contributed by atoms with E-state index in [1.165, 1.54) is 12.1 Å². The number of halogens is 1. The second-order valence-electron chi connectivity index (χ2n) is 8.35. The molecule has 2 atom stereocenters. The standard InChI is InChI=1S/C25H29FN2O4/c1-31-19-12-10-18(11-13-19)16-28-22-14-15-27(21(22)7-3-5-9-24(28)29)25(30)17-32-23-8-4-2-6-20(23)26/h2,4,6,8,10-13,21-22H,3,5,7,9,14-17H2,1H3/t21-,22+/m1/s1. The van der Waals surface area contributed by atoms with Crippen molar-refractivity contribution in [2.45, 2.75) is 50.7 Å². The molecule has 2 aliphatic heterocycles. The molecule has 2 aromatic rings. The molecule has 4 rings (SSSR count). The maximum Gasteiger partial charge on any atom is 0.260 e. The molecule has 0 N–H and O–H groups in total. The van der Waals surface area contributed by atoms with Crippen molar-refractivity contribution in [2.24, 2.45) is 0 Å². The van der Waals surface area contributed by atoms with Gasteiger partial charge in [-0.15, -0.1) is 0 Å². The molecular formula is C25H29FN2O4. The monoisotopic (exact) mass is 440 g/mol. The first-order valence-corrected chi connectivity index (χ1v) is 11.2. The van der Waals surface area contributed by atoms with E-state index < -0.39 is 5.82 Å². The number of hydrogen-bond acceptors (Lipinski definition) is 4. The molecule has 2 heterocycles. The van der Waals surface area contributed by atoms with Crippen molar-refractivity contribution in [1.82, 2.24) is 9.80 Å². The van der Waals surface area contributed by atoms with E-state index in [2.05, 4.69) is 0 Å². The summed E-state index contributed by atoms with van der Waals surface area (Å²) in [5, 5.41) is 0. The number of likely N-dealkylation sites (tertiary alicyclic amines) is 2. The van der Waals surface area contributed by atoms with E-state index in [1.54, 1.807) is 19.2 Å². The summed E-state index contributed by atoms with van der Waals surface area (Å²) in [7, 11) is 1.63. The maximum absolute atomic E-state index is 13.8. The molecule has 32 heavy (non-hydrogen) atoms. The van der Waals surface area contributed by atoms with Crippen molar-refractivity contribution in [3.05, 3.63) is 59.9 Å². The Bertz CT molecular complexity index is 949. The highest BCUT2D eigenvalue weighted by molar-refractivity contribution is 5.80. The summed E-state index contributed by atoms with van der Waals surface area (Å²) in [6.45, 7) is 0.871. The Balaban J connectivity index is 1.46. The molecule has 2 amide bonds. The first-order valence-electron chi connectivity index (χ1n) is 11.2. The number of rotatable bonds is 6. The van der Waals surface area contributed by atoms with Gasteiger partial charge in [0.2, 0.25) is 5.91 Å². The number of amides is 2. The average molecular weight is 441 g/mol. The Labute approximate surface area is 187 Å². The van der Waals surface area contributed by atoms with Gasteiger partial charge >= 0.3 is 0 Å². The zero-order valence-electron chi connectivity index (χ0n) is 18.3. The number of methoxy groups -OCH3 is 1. The Hall–Kier alpha value is -3.09. The number of carbonyl (C=O) groups excluding carboxylic acids is 2. The second kappa shape index (κ2) is 10.0. The molecule has 0 aliphatic carbocycles. The van der Waals surface area contributed by atoms with Gasteiger partial charge in [0.25, 0.3) is 5.91 Å². The van der Waals surface area contributed by atoms with Crippen LogP contribution >= 0.6 is 0 Å². The van der Waals surface area contributed by atoms with Gasteiger partial charge in [-0.25, -0.2) is 4.39 Å². The summed E-state index contributed by atoms with van der Waals surface area (Å²) in [5.41, 5.74) is 1.03. The molecular weight excluding hydrogens is 411 g/mol. The third-order valence-corrected chi connectivity index (χ3v) is 6.39. The number of para-hydroxylation sites is 1.